The van der Waals surface area contributed by atoms with E-state index in [0.717, 1.165) is 52.3 Å². The third kappa shape index (κ3) is 2.83. The van der Waals surface area contributed by atoms with E-state index in [-0.39, 0.29) is 0 Å². The molecule has 0 saturated heterocycles. The van der Waals surface area contributed by atoms with Crippen LogP contribution in [0, 0.1) is 0 Å². The van der Waals surface area contributed by atoms with Crippen LogP contribution in [0.25, 0.3) is 33.7 Å². The quantitative estimate of drug-likeness (QED) is 0.539. The normalized spacial score (nSPS) is 14.5. The van der Waals surface area contributed by atoms with Crippen molar-refractivity contribution in [1.29, 1.82) is 0 Å². The van der Waals surface area contributed by atoms with E-state index in [1.54, 1.807) is 6.20 Å². The molecule has 1 fully saturated rings. The lowest BCUT2D eigenvalue weighted by Gasteiger charge is -2.25. The number of rotatable bonds is 6. The number of hydrogen-bond acceptors (Lipinski definition) is 4. The van der Waals surface area contributed by atoms with E-state index in [0.29, 0.717) is 6.04 Å². The second-order valence-electron chi connectivity index (χ2n) is 7.45. The lowest BCUT2D eigenvalue weighted by atomic mass is 9.93. The van der Waals surface area contributed by atoms with Gasteiger partial charge in [0.2, 0.25) is 0 Å². The van der Waals surface area contributed by atoms with Crippen molar-refractivity contribution in [1.82, 2.24) is 34.6 Å². The van der Waals surface area contributed by atoms with Crippen LogP contribution in [-0.2, 0) is 0 Å². The first-order valence-electron chi connectivity index (χ1n) is 9.86. The molecule has 142 valence electrons. The molecule has 0 radical (unpaired) electrons. The first kappa shape index (κ1) is 16.9. The van der Waals surface area contributed by atoms with Crippen LogP contribution in [0.3, 0.4) is 0 Å². The Morgan fingerprint density at radius 1 is 1.29 bits per heavy atom. The Hall–Kier alpha value is -3.22. The summed E-state index contributed by atoms with van der Waals surface area (Å²) in [6, 6.07) is 4.52. The third-order valence-corrected chi connectivity index (χ3v) is 5.48. The van der Waals surface area contributed by atoms with E-state index in [4.69, 9.17) is 4.98 Å². The molecule has 0 spiro atoms. The molecule has 0 bridgehead atoms. The van der Waals surface area contributed by atoms with Crippen LogP contribution in [0.2, 0.25) is 0 Å². The molecule has 1 N–H and O–H groups in total. The molecule has 7 heteroatoms. The van der Waals surface area contributed by atoms with Crippen molar-refractivity contribution in [2.24, 2.45) is 0 Å². The SMILES string of the molecule is C=C(CCC)c1cc(-c2cn3nccc3c(-c3cnn(C4CCC4)c3)n2)[nH]n1. The number of H-pyrrole nitrogens is 1. The molecule has 4 heterocycles. The Balaban J connectivity index is 1.56. The van der Waals surface area contributed by atoms with Crippen LogP contribution >= 0.6 is 0 Å². The maximum absolute atomic E-state index is 4.93. The van der Waals surface area contributed by atoms with Crippen LogP contribution in [0.5, 0.6) is 0 Å². The van der Waals surface area contributed by atoms with E-state index in [1.807, 2.05) is 29.0 Å². The fourth-order valence-corrected chi connectivity index (χ4v) is 3.64. The fourth-order valence-electron chi connectivity index (χ4n) is 3.64. The predicted molar refractivity (Wildman–Crippen MR) is 109 cm³/mol. The number of aromatic nitrogens is 7. The average molecular weight is 373 g/mol. The molecular formula is C21H23N7. The lowest BCUT2D eigenvalue weighted by Crippen LogP contribution is -2.16. The van der Waals surface area contributed by atoms with Gasteiger partial charge in [-0.05, 0) is 43.4 Å². The second-order valence-corrected chi connectivity index (χ2v) is 7.45. The molecule has 0 aliphatic heterocycles. The molecule has 0 amide bonds. The zero-order chi connectivity index (χ0) is 19.1. The summed E-state index contributed by atoms with van der Waals surface area (Å²) in [7, 11) is 0. The first-order chi connectivity index (χ1) is 13.7. The van der Waals surface area contributed by atoms with E-state index in [2.05, 4.69) is 44.8 Å². The molecule has 7 nitrogen and oxygen atoms in total. The van der Waals surface area contributed by atoms with Gasteiger partial charge in [-0.25, -0.2) is 9.50 Å². The second kappa shape index (κ2) is 6.74. The van der Waals surface area contributed by atoms with E-state index in [1.165, 1.54) is 19.3 Å². The highest BCUT2D eigenvalue weighted by Crippen LogP contribution is 2.33. The van der Waals surface area contributed by atoms with Crippen molar-refractivity contribution in [3.8, 4) is 22.6 Å². The molecule has 0 atom stereocenters. The van der Waals surface area contributed by atoms with Gasteiger partial charge < -0.3 is 0 Å². The Labute approximate surface area is 163 Å². The topological polar surface area (TPSA) is 76.7 Å². The number of allylic oxidation sites excluding steroid dienone is 1. The molecule has 0 unspecified atom stereocenters. The summed E-state index contributed by atoms with van der Waals surface area (Å²) in [5.41, 5.74) is 6.43. The van der Waals surface area contributed by atoms with Crippen molar-refractivity contribution >= 4 is 11.1 Å². The molecule has 28 heavy (non-hydrogen) atoms. The Morgan fingerprint density at radius 2 is 2.18 bits per heavy atom. The largest absolute Gasteiger partial charge is 0.276 e. The Bertz CT molecular complexity index is 1140. The van der Waals surface area contributed by atoms with Crippen molar-refractivity contribution in [2.75, 3.05) is 0 Å². The molecule has 1 aliphatic carbocycles. The lowest BCUT2D eigenvalue weighted by molar-refractivity contribution is 0.289. The van der Waals surface area contributed by atoms with Gasteiger partial charge in [0.1, 0.15) is 5.69 Å². The van der Waals surface area contributed by atoms with Crippen molar-refractivity contribution in [3.05, 3.63) is 49.2 Å². The minimum absolute atomic E-state index is 0.526. The summed E-state index contributed by atoms with van der Waals surface area (Å²) < 4.78 is 3.93. The Kier molecular flexibility index (Phi) is 4.07. The predicted octanol–water partition coefficient (Wildman–Crippen LogP) is 4.52. The zero-order valence-electron chi connectivity index (χ0n) is 16.0. The molecule has 5 rings (SSSR count). The maximum atomic E-state index is 4.93. The number of fused-ring (bicyclic) bond motifs is 1. The maximum Gasteiger partial charge on any atom is 0.107 e. The van der Waals surface area contributed by atoms with Gasteiger partial charge in [-0.1, -0.05) is 19.9 Å². The van der Waals surface area contributed by atoms with E-state index >= 15 is 0 Å². The van der Waals surface area contributed by atoms with E-state index < -0.39 is 0 Å². The highest BCUT2D eigenvalue weighted by atomic mass is 15.3. The highest BCUT2D eigenvalue weighted by Gasteiger charge is 2.21. The molecule has 4 aromatic heterocycles. The minimum atomic E-state index is 0.526. The standard InChI is InChI=1S/C21H23N7/c1-3-5-14(2)17-10-18(26-25-17)19-13-28-20(8-9-22-28)21(24-19)15-11-23-27(12-15)16-6-4-7-16/h8-13,16H,2-7H2,1H3,(H,25,26). The highest BCUT2D eigenvalue weighted by molar-refractivity contribution is 5.78. The van der Waals surface area contributed by atoms with Gasteiger partial charge in [-0.15, -0.1) is 0 Å². The van der Waals surface area contributed by atoms with Gasteiger partial charge in [-0.3, -0.25) is 9.78 Å². The van der Waals surface area contributed by atoms with Gasteiger partial charge in [-0.2, -0.15) is 15.3 Å². The van der Waals surface area contributed by atoms with Crippen molar-refractivity contribution in [3.63, 3.8) is 0 Å². The summed E-state index contributed by atoms with van der Waals surface area (Å²) in [6.07, 6.45) is 13.4. The van der Waals surface area contributed by atoms with Crippen LogP contribution in [-0.4, -0.2) is 34.6 Å². The fraction of sp³-hybridized carbons (Fsp3) is 0.333. The summed E-state index contributed by atoms with van der Waals surface area (Å²) in [4.78, 5) is 4.93. The zero-order valence-corrected chi connectivity index (χ0v) is 16.0. The van der Waals surface area contributed by atoms with Crippen molar-refractivity contribution in [2.45, 2.75) is 45.1 Å². The summed E-state index contributed by atoms with van der Waals surface area (Å²) in [5.74, 6) is 0. The van der Waals surface area contributed by atoms with Gasteiger partial charge in [0.25, 0.3) is 0 Å². The molecule has 1 saturated carbocycles. The summed E-state index contributed by atoms with van der Waals surface area (Å²) in [6.45, 7) is 6.27. The molecule has 1 aliphatic rings. The summed E-state index contributed by atoms with van der Waals surface area (Å²) in [5, 5.41) is 16.5. The smallest absolute Gasteiger partial charge is 0.107 e. The molecule has 0 aromatic carbocycles. The Morgan fingerprint density at radius 3 is 2.96 bits per heavy atom. The van der Waals surface area contributed by atoms with Gasteiger partial charge >= 0.3 is 0 Å². The van der Waals surface area contributed by atoms with Crippen LogP contribution in [0.15, 0.2) is 43.5 Å². The monoisotopic (exact) mass is 373 g/mol. The average Bonchev–Trinajstić information content (AvgIpc) is 3.39. The van der Waals surface area contributed by atoms with Crippen molar-refractivity contribution < 1.29 is 0 Å². The van der Waals surface area contributed by atoms with Gasteiger partial charge in [0.05, 0.1) is 47.2 Å². The minimum Gasteiger partial charge on any atom is -0.276 e. The summed E-state index contributed by atoms with van der Waals surface area (Å²) >= 11 is 0. The molecule has 4 aromatic rings. The first-order valence-corrected chi connectivity index (χ1v) is 9.86. The number of hydrogen-bond donors (Lipinski definition) is 1. The number of nitrogens with zero attached hydrogens (tertiary/aromatic N) is 6. The van der Waals surface area contributed by atoms with Gasteiger partial charge in [0, 0.05) is 11.8 Å². The third-order valence-electron chi connectivity index (χ3n) is 5.48. The molecular weight excluding hydrogens is 350 g/mol. The van der Waals surface area contributed by atoms with E-state index in [9.17, 15) is 0 Å². The van der Waals surface area contributed by atoms with Crippen LogP contribution in [0.4, 0.5) is 0 Å². The van der Waals surface area contributed by atoms with Gasteiger partial charge in [0.15, 0.2) is 0 Å². The number of nitrogens with one attached hydrogen (secondary N) is 1. The van der Waals surface area contributed by atoms with Crippen LogP contribution < -0.4 is 0 Å². The van der Waals surface area contributed by atoms with Crippen LogP contribution in [0.1, 0.15) is 50.8 Å². The number of aromatic amines is 1.